The number of hydrogen-bond acceptors (Lipinski definition) is 7. The van der Waals surface area contributed by atoms with Gasteiger partial charge in [0.05, 0.1) is 18.1 Å². The molecule has 2 heterocycles. The van der Waals surface area contributed by atoms with E-state index in [2.05, 4.69) is 10.5 Å². The lowest BCUT2D eigenvalue weighted by atomic mass is 10.0. The van der Waals surface area contributed by atoms with Gasteiger partial charge in [0.25, 0.3) is 0 Å². The lowest BCUT2D eigenvalue weighted by Crippen LogP contribution is -2.49. The average molecular weight is 369 g/mol. The van der Waals surface area contributed by atoms with Crippen LogP contribution in [0.2, 0.25) is 0 Å². The molecule has 138 valence electrons. The first-order valence-corrected chi connectivity index (χ1v) is 9.43. The van der Waals surface area contributed by atoms with E-state index >= 15 is 0 Å². The molecule has 1 saturated heterocycles. The summed E-state index contributed by atoms with van der Waals surface area (Å²) >= 11 is 1.20. The van der Waals surface area contributed by atoms with Crippen LogP contribution in [0.15, 0.2) is 10.6 Å². The standard InChI is InChI=1S/C16H23N3O5S/c1-3-23-16(22)12-6-4-5-7-19(12)15(21)10-25-9-14(20)17-13-8-11(2)24-18-13/h8,12H,3-7,9-10H2,1-2H3,(H,17,18,20). The minimum absolute atomic E-state index is 0.121. The van der Waals surface area contributed by atoms with Crippen molar-refractivity contribution in [2.45, 2.75) is 39.2 Å². The van der Waals surface area contributed by atoms with Crippen molar-refractivity contribution in [2.75, 3.05) is 30.0 Å². The normalized spacial score (nSPS) is 17.2. The van der Waals surface area contributed by atoms with Crippen molar-refractivity contribution in [3.63, 3.8) is 0 Å². The Morgan fingerprint density at radius 1 is 1.40 bits per heavy atom. The minimum atomic E-state index is -0.506. The van der Waals surface area contributed by atoms with Crippen LogP contribution in [-0.2, 0) is 19.1 Å². The number of nitrogens with one attached hydrogen (secondary N) is 1. The summed E-state index contributed by atoms with van der Waals surface area (Å²) in [4.78, 5) is 37.8. The molecule has 2 amide bonds. The predicted octanol–water partition coefficient (Wildman–Crippen LogP) is 1.60. The Morgan fingerprint density at radius 3 is 2.88 bits per heavy atom. The molecular formula is C16H23N3O5S. The molecule has 1 aliphatic rings. The van der Waals surface area contributed by atoms with Crippen LogP contribution >= 0.6 is 11.8 Å². The zero-order chi connectivity index (χ0) is 18.2. The van der Waals surface area contributed by atoms with E-state index in [1.807, 2.05) is 0 Å². The van der Waals surface area contributed by atoms with Gasteiger partial charge in [0.1, 0.15) is 11.8 Å². The maximum atomic E-state index is 12.4. The van der Waals surface area contributed by atoms with Gasteiger partial charge in [-0.2, -0.15) is 0 Å². The van der Waals surface area contributed by atoms with Gasteiger partial charge in [-0.05, 0) is 33.1 Å². The van der Waals surface area contributed by atoms with E-state index in [1.54, 1.807) is 24.8 Å². The molecule has 0 bridgehead atoms. The highest BCUT2D eigenvalue weighted by Crippen LogP contribution is 2.20. The van der Waals surface area contributed by atoms with Crippen LogP contribution in [-0.4, -0.2) is 58.5 Å². The number of ether oxygens (including phenoxy) is 1. The number of aromatic nitrogens is 1. The van der Waals surface area contributed by atoms with E-state index in [1.165, 1.54) is 11.8 Å². The van der Waals surface area contributed by atoms with Gasteiger partial charge in [-0.3, -0.25) is 9.59 Å². The fraction of sp³-hybridized carbons (Fsp3) is 0.625. The molecule has 25 heavy (non-hydrogen) atoms. The van der Waals surface area contributed by atoms with Crippen molar-refractivity contribution >= 4 is 35.4 Å². The average Bonchev–Trinajstić information content (AvgIpc) is 2.99. The number of esters is 1. The van der Waals surface area contributed by atoms with Crippen LogP contribution in [0.3, 0.4) is 0 Å². The number of nitrogens with zero attached hydrogens (tertiary/aromatic N) is 2. The zero-order valence-corrected chi connectivity index (χ0v) is 15.3. The summed E-state index contributed by atoms with van der Waals surface area (Å²) in [6.45, 7) is 4.33. The number of likely N-dealkylation sites (tertiary alicyclic amines) is 1. The van der Waals surface area contributed by atoms with Crippen molar-refractivity contribution in [3.05, 3.63) is 11.8 Å². The second kappa shape index (κ2) is 9.45. The van der Waals surface area contributed by atoms with Gasteiger partial charge >= 0.3 is 5.97 Å². The summed E-state index contributed by atoms with van der Waals surface area (Å²) in [5.74, 6) is 0.469. The van der Waals surface area contributed by atoms with E-state index in [4.69, 9.17) is 9.26 Å². The van der Waals surface area contributed by atoms with E-state index in [0.717, 1.165) is 12.8 Å². The van der Waals surface area contributed by atoms with Crippen LogP contribution in [0.5, 0.6) is 0 Å². The van der Waals surface area contributed by atoms with E-state index < -0.39 is 6.04 Å². The topological polar surface area (TPSA) is 102 Å². The molecular weight excluding hydrogens is 346 g/mol. The molecule has 1 N–H and O–H groups in total. The Hall–Kier alpha value is -2.03. The second-order valence-electron chi connectivity index (χ2n) is 5.71. The van der Waals surface area contributed by atoms with E-state index in [0.29, 0.717) is 31.2 Å². The number of piperidine rings is 1. The van der Waals surface area contributed by atoms with Gasteiger partial charge < -0.3 is 19.5 Å². The van der Waals surface area contributed by atoms with Gasteiger partial charge in [-0.25, -0.2) is 4.79 Å². The fourth-order valence-electron chi connectivity index (χ4n) is 2.63. The Bertz CT molecular complexity index is 619. The van der Waals surface area contributed by atoms with Crippen molar-refractivity contribution in [2.24, 2.45) is 0 Å². The monoisotopic (exact) mass is 369 g/mol. The molecule has 0 saturated carbocycles. The van der Waals surface area contributed by atoms with Crippen LogP contribution in [0.1, 0.15) is 31.9 Å². The van der Waals surface area contributed by atoms with Crippen molar-refractivity contribution in [3.8, 4) is 0 Å². The second-order valence-corrected chi connectivity index (χ2v) is 6.70. The first-order chi connectivity index (χ1) is 12.0. The molecule has 1 aliphatic heterocycles. The van der Waals surface area contributed by atoms with Crippen molar-refractivity contribution in [1.29, 1.82) is 0 Å². The number of amides is 2. The van der Waals surface area contributed by atoms with E-state index in [9.17, 15) is 14.4 Å². The smallest absolute Gasteiger partial charge is 0.328 e. The number of anilines is 1. The molecule has 1 aromatic rings. The molecule has 0 radical (unpaired) electrons. The molecule has 1 atom stereocenters. The van der Waals surface area contributed by atoms with Crippen LogP contribution in [0.25, 0.3) is 0 Å². The summed E-state index contributed by atoms with van der Waals surface area (Å²) in [6.07, 6.45) is 2.40. The third kappa shape index (κ3) is 5.77. The molecule has 0 spiro atoms. The molecule has 8 nitrogen and oxygen atoms in total. The van der Waals surface area contributed by atoms with Crippen LogP contribution < -0.4 is 5.32 Å². The number of thioether (sulfide) groups is 1. The maximum absolute atomic E-state index is 12.4. The minimum Gasteiger partial charge on any atom is -0.464 e. The van der Waals surface area contributed by atoms with E-state index in [-0.39, 0.29) is 29.3 Å². The van der Waals surface area contributed by atoms with Crippen molar-refractivity contribution in [1.82, 2.24) is 10.1 Å². The lowest BCUT2D eigenvalue weighted by molar-refractivity contribution is -0.155. The lowest BCUT2D eigenvalue weighted by Gasteiger charge is -2.34. The molecule has 1 unspecified atom stereocenters. The molecule has 1 fully saturated rings. The van der Waals surface area contributed by atoms with Crippen LogP contribution in [0, 0.1) is 6.92 Å². The summed E-state index contributed by atoms with van der Waals surface area (Å²) in [7, 11) is 0. The van der Waals surface area contributed by atoms with Gasteiger partial charge in [0.15, 0.2) is 5.82 Å². The quantitative estimate of drug-likeness (QED) is 0.728. The Labute approximate surface area is 150 Å². The Kier molecular flexibility index (Phi) is 7.30. The summed E-state index contributed by atoms with van der Waals surface area (Å²) in [6, 6.07) is 1.11. The van der Waals surface area contributed by atoms with Gasteiger partial charge in [0, 0.05) is 12.6 Å². The number of carbonyl (C=O) groups is 3. The van der Waals surface area contributed by atoms with Gasteiger partial charge in [0.2, 0.25) is 11.8 Å². The number of rotatable bonds is 7. The first-order valence-electron chi connectivity index (χ1n) is 8.28. The molecule has 2 rings (SSSR count). The highest BCUT2D eigenvalue weighted by Gasteiger charge is 2.32. The molecule has 9 heteroatoms. The summed E-state index contributed by atoms with van der Waals surface area (Å²) in [5, 5.41) is 6.27. The summed E-state index contributed by atoms with van der Waals surface area (Å²) < 4.78 is 9.92. The van der Waals surface area contributed by atoms with Gasteiger partial charge in [-0.15, -0.1) is 11.8 Å². The molecule has 0 aliphatic carbocycles. The zero-order valence-electron chi connectivity index (χ0n) is 14.4. The molecule has 1 aromatic heterocycles. The fourth-order valence-corrected chi connectivity index (χ4v) is 3.33. The predicted molar refractivity (Wildman–Crippen MR) is 93.2 cm³/mol. The largest absolute Gasteiger partial charge is 0.464 e. The van der Waals surface area contributed by atoms with Crippen molar-refractivity contribution < 1.29 is 23.6 Å². The number of hydrogen-bond donors (Lipinski definition) is 1. The van der Waals surface area contributed by atoms with Gasteiger partial charge in [-0.1, -0.05) is 5.16 Å². The third-order valence-corrected chi connectivity index (χ3v) is 4.65. The Balaban J connectivity index is 1.77. The van der Waals surface area contributed by atoms with Crippen LogP contribution in [0.4, 0.5) is 5.82 Å². The Morgan fingerprint density at radius 2 is 2.20 bits per heavy atom. The third-order valence-electron chi connectivity index (χ3n) is 3.74. The number of aryl methyl sites for hydroxylation is 1. The highest BCUT2D eigenvalue weighted by molar-refractivity contribution is 8.00. The molecule has 0 aromatic carbocycles. The first kappa shape index (κ1) is 19.3. The highest BCUT2D eigenvalue weighted by atomic mass is 32.2. The summed E-state index contributed by atoms with van der Waals surface area (Å²) in [5.41, 5.74) is 0. The maximum Gasteiger partial charge on any atom is 0.328 e. The number of carbonyl (C=O) groups excluding carboxylic acids is 3. The SMILES string of the molecule is CCOC(=O)C1CCCCN1C(=O)CSCC(=O)Nc1cc(C)on1.